The van der Waals surface area contributed by atoms with Crippen molar-refractivity contribution in [3.05, 3.63) is 59.9 Å². The van der Waals surface area contributed by atoms with Gasteiger partial charge in [-0.1, -0.05) is 24.3 Å². The minimum absolute atomic E-state index is 0.00341. The molecule has 12 nitrogen and oxygen atoms in total. The van der Waals surface area contributed by atoms with Crippen molar-refractivity contribution in [2.75, 3.05) is 77.4 Å². The molecule has 2 aromatic carbocycles. The molecule has 0 radical (unpaired) electrons. The standard InChI is InChI=1S/C29H36N6O6S/c1-35-9-10-38-11-12-39-13-14-41-27-22(16-31-15-20-18-40-19-20)3-2-4-24(27)34-29(36)26-28(30)32-17-25(33-26)21-5-7-23(8-6-21)42(35)37/h2-8,17,20,31H,9-16,18-19H2,1H3,(H2,30,32)(H,34,36). The van der Waals surface area contributed by atoms with Crippen LogP contribution in [-0.2, 0) is 31.7 Å². The average molecular weight is 597 g/mol. The van der Waals surface area contributed by atoms with Gasteiger partial charge in [-0.05, 0) is 18.2 Å². The number of anilines is 2. The smallest absolute Gasteiger partial charge is 0.278 e. The number of ether oxygens (including phenoxy) is 4. The lowest BCUT2D eigenvalue weighted by molar-refractivity contribution is -0.0307. The molecule has 1 saturated heterocycles. The van der Waals surface area contributed by atoms with E-state index in [1.54, 1.807) is 41.7 Å². The van der Waals surface area contributed by atoms with E-state index in [4.69, 9.17) is 24.7 Å². The van der Waals surface area contributed by atoms with Gasteiger partial charge in [-0.15, -0.1) is 0 Å². The van der Waals surface area contributed by atoms with Crippen molar-refractivity contribution in [2.45, 2.75) is 11.4 Å². The van der Waals surface area contributed by atoms with Crippen molar-refractivity contribution in [1.29, 1.82) is 0 Å². The van der Waals surface area contributed by atoms with E-state index in [9.17, 15) is 9.00 Å². The number of hydrogen-bond donors (Lipinski definition) is 3. The zero-order valence-electron chi connectivity index (χ0n) is 23.5. The van der Waals surface area contributed by atoms with Crippen LogP contribution in [0.2, 0.25) is 0 Å². The predicted molar refractivity (Wildman–Crippen MR) is 158 cm³/mol. The van der Waals surface area contributed by atoms with Crippen LogP contribution in [0.15, 0.2) is 53.6 Å². The highest BCUT2D eigenvalue weighted by molar-refractivity contribution is 7.82. The Morgan fingerprint density at radius 2 is 1.81 bits per heavy atom. The SMILES string of the molecule is CN1CCOCCOCCOc2c(CNCC3COC3)cccc2NC(=O)c2nc(cnc2N)-c2ccc(cc2)S1=O. The van der Waals surface area contributed by atoms with Gasteiger partial charge in [0, 0.05) is 43.7 Å². The summed E-state index contributed by atoms with van der Waals surface area (Å²) in [6.07, 6.45) is 1.51. The Morgan fingerprint density at radius 3 is 2.57 bits per heavy atom. The molecule has 4 N–H and O–H groups in total. The molecule has 0 saturated carbocycles. The third-order valence-corrected chi connectivity index (χ3v) is 8.27. The molecule has 4 bridgehead atoms. The van der Waals surface area contributed by atoms with Gasteiger partial charge in [-0.2, -0.15) is 0 Å². The first kappa shape index (κ1) is 30.0. The number of nitrogens with one attached hydrogen (secondary N) is 2. The molecule has 42 heavy (non-hydrogen) atoms. The van der Waals surface area contributed by atoms with Crippen molar-refractivity contribution in [3.63, 3.8) is 0 Å². The van der Waals surface area contributed by atoms with Crippen LogP contribution in [0.5, 0.6) is 5.75 Å². The first-order valence-corrected chi connectivity index (χ1v) is 15.0. The van der Waals surface area contributed by atoms with Gasteiger partial charge in [0.15, 0.2) is 11.5 Å². The van der Waals surface area contributed by atoms with Gasteiger partial charge in [0.1, 0.15) is 23.3 Å². The third-order valence-electron chi connectivity index (χ3n) is 6.85. The minimum atomic E-state index is -1.36. The normalized spacial score (nSPS) is 19.5. The summed E-state index contributed by atoms with van der Waals surface area (Å²) in [5.74, 6) is 0.524. The lowest BCUT2D eigenvalue weighted by atomic mass is 10.1. The van der Waals surface area contributed by atoms with Crippen LogP contribution in [0.4, 0.5) is 11.5 Å². The first-order chi connectivity index (χ1) is 20.5. The molecular formula is C29H36N6O6S. The highest BCUT2D eigenvalue weighted by Gasteiger charge is 2.21. The number of aromatic nitrogens is 2. The molecule has 0 aliphatic carbocycles. The monoisotopic (exact) mass is 596 g/mol. The molecule has 3 aliphatic rings. The Hall–Kier alpha value is -3.46. The number of rotatable bonds is 4. The Kier molecular flexibility index (Phi) is 10.5. The molecule has 1 fully saturated rings. The maximum Gasteiger partial charge on any atom is 0.278 e. The second-order valence-corrected chi connectivity index (χ2v) is 11.6. The van der Waals surface area contributed by atoms with Crippen LogP contribution in [0, 0.1) is 5.92 Å². The van der Waals surface area contributed by atoms with E-state index in [2.05, 4.69) is 20.6 Å². The quantitative estimate of drug-likeness (QED) is 0.382. The Bertz CT molecular complexity index is 1390. The highest BCUT2D eigenvalue weighted by atomic mass is 32.2. The topological polar surface area (TPSA) is 150 Å². The summed E-state index contributed by atoms with van der Waals surface area (Å²) >= 11 is 0. The number of benzene rings is 2. The van der Waals surface area contributed by atoms with E-state index < -0.39 is 16.9 Å². The highest BCUT2D eigenvalue weighted by Crippen LogP contribution is 2.30. The first-order valence-electron chi connectivity index (χ1n) is 13.9. The number of nitrogen functional groups attached to an aromatic ring is 1. The number of fused-ring (bicyclic) bond motifs is 13. The van der Waals surface area contributed by atoms with Crippen molar-refractivity contribution < 1.29 is 28.0 Å². The molecule has 1 atom stereocenters. The van der Waals surface area contributed by atoms with E-state index in [-0.39, 0.29) is 18.1 Å². The van der Waals surface area contributed by atoms with Crippen molar-refractivity contribution >= 4 is 28.4 Å². The largest absolute Gasteiger partial charge is 0.489 e. The van der Waals surface area contributed by atoms with Gasteiger partial charge in [-0.25, -0.2) is 18.5 Å². The Morgan fingerprint density at radius 1 is 1.05 bits per heavy atom. The maximum absolute atomic E-state index is 13.4. The maximum atomic E-state index is 13.4. The minimum Gasteiger partial charge on any atom is -0.489 e. The summed E-state index contributed by atoms with van der Waals surface area (Å²) < 4.78 is 37.4. The zero-order valence-corrected chi connectivity index (χ0v) is 24.4. The number of nitrogens with zero attached hydrogens (tertiary/aromatic N) is 3. The summed E-state index contributed by atoms with van der Waals surface area (Å²) in [5, 5.41) is 6.36. The molecule has 13 heteroatoms. The fourth-order valence-corrected chi connectivity index (χ4v) is 5.38. The van der Waals surface area contributed by atoms with Crippen LogP contribution in [0.3, 0.4) is 0 Å². The number of hydrogen-bond acceptors (Lipinski definition) is 10. The van der Waals surface area contributed by atoms with Crippen LogP contribution in [0.1, 0.15) is 16.1 Å². The number of likely N-dealkylation sites (N-methyl/N-ethyl adjacent to an activating group) is 1. The van der Waals surface area contributed by atoms with E-state index in [1.807, 2.05) is 12.1 Å². The van der Waals surface area contributed by atoms with Crippen molar-refractivity contribution in [3.8, 4) is 17.0 Å². The fraction of sp³-hybridized carbons (Fsp3) is 0.414. The molecule has 3 aliphatic heterocycles. The number of para-hydroxylation sites is 1. The summed E-state index contributed by atoms with van der Waals surface area (Å²) in [4.78, 5) is 22.8. The van der Waals surface area contributed by atoms with Gasteiger partial charge >= 0.3 is 0 Å². The van der Waals surface area contributed by atoms with Gasteiger partial charge in [0.05, 0.1) is 62.1 Å². The molecule has 1 amide bonds. The average Bonchev–Trinajstić information content (AvgIpc) is 2.97. The molecule has 3 aromatic rings. The second kappa shape index (κ2) is 14.6. The summed E-state index contributed by atoms with van der Waals surface area (Å²) in [6.45, 7) is 5.20. The zero-order chi connectivity index (χ0) is 29.3. The predicted octanol–water partition coefficient (Wildman–Crippen LogP) is 2.09. The number of amides is 1. The number of nitrogens with two attached hydrogens (primary N) is 1. The van der Waals surface area contributed by atoms with Gasteiger partial charge in [0.2, 0.25) is 0 Å². The molecule has 1 aromatic heterocycles. The second-order valence-electron chi connectivity index (χ2n) is 9.97. The van der Waals surface area contributed by atoms with E-state index in [1.165, 1.54) is 6.20 Å². The van der Waals surface area contributed by atoms with Crippen LogP contribution < -0.4 is 21.1 Å². The summed E-state index contributed by atoms with van der Waals surface area (Å²) in [7, 11) is 0.413. The molecule has 224 valence electrons. The number of carbonyl (C=O) groups is 1. The molecular weight excluding hydrogens is 560 g/mol. The molecule has 6 rings (SSSR count). The Balaban J connectivity index is 1.40. The van der Waals surface area contributed by atoms with Crippen LogP contribution in [-0.4, -0.2) is 90.8 Å². The van der Waals surface area contributed by atoms with Gasteiger partial charge < -0.3 is 35.3 Å². The molecule has 4 heterocycles. The third kappa shape index (κ3) is 7.68. The van der Waals surface area contributed by atoms with E-state index in [0.717, 1.165) is 25.3 Å². The number of carbonyl (C=O) groups excluding carboxylic acids is 1. The van der Waals surface area contributed by atoms with E-state index in [0.29, 0.717) is 73.0 Å². The van der Waals surface area contributed by atoms with Gasteiger partial charge in [-0.3, -0.25) is 4.79 Å². The molecule has 1 unspecified atom stereocenters. The lowest BCUT2D eigenvalue weighted by Gasteiger charge is -2.26. The fourth-order valence-electron chi connectivity index (χ4n) is 4.42. The van der Waals surface area contributed by atoms with Gasteiger partial charge in [0.25, 0.3) is 5.91 Å². The summed E-state index contributed by atoms with van der Waals surface area (Å²) in [6, 6.07) is 12.7. The lowest BCUT2D eigenvalue weighted by Crippen LogP contribution is -2.36. The van der Waals surface area contributed by atoms with E-state index >= 15 is 0 Å². The van der Waals surface area contributed by atoms with Crippen molar-refractivity contribution in [1.82, 2.24) is 19.6 Å². The Labute approximate surface area is 247 Å². The van der Waals surface area contributed by atoms with Crippen molar-refractivity contribution in [2.24, 2.45) is 5.92 Å². The molecule has 0 spiro atoms. The van der Waals surface area contributed by atoms with Crippen LogP contribution in [0.25, 0.3) is 11.3 Å². The summed E-state index contributed by atoms with van der Waals surface area (Å²) in [5.41, 5.74) is 8.62. The van der Waals surface area contributed by atoms with Crippen LogP contribution >= 0.6 is 0 Å².